The highest BCUT2D eigenvalue weighted by Crippen LogP contribution is 2.33. The Morgan fingerprint density at radius 2 is 1.89 bits per heavy atom. The smallest absolute Gasteiger partial charge is 0.385 e. The van der Waals surface area contributed by atoms with E-state index in [9.17, 15) is 13.2 Å². The van der Waals surface area contributed by atoms with Crippen molar-refractivity contribution in [1.82, 2.24) is 5.32 Å². The molecule has 0 bridgehead atoms. The maximum absolute atomic E-state index is 12.7. The summed E-state index contributed by atoms with van der Waals surface area (Å²) in [5.74, 6) is 0.523. The maximum atomic E-state index is 12.7. The van der Waals surface area contributed by atoms with E-state index in [-0.39, 0.29) is 0 Å². The van der Waals surface area contributed by atoms with Crippen LogP contribution in [0.4, 0.5) is 18.9 Å². The number of piperidine rings is 1. The van der Waals surface area contributed by atoms with Gasteiger partial charge < -0.3 is 10.6 Å². The summed E-state index contributed by atoms with van der Waals surface area (Å²) in [7, 11) is 0. The second-order valence-corrected chi connectivity index (χ2v) is 5.72. The second-order valence-electron chi connectivity index (χ2n) is 4.80. The van der Waals surface area contributed by atoms with E-state index in [2.05, 4.69) is 26.6 Å². The molecule has 2 rings (SSSR count). The van der Waals surface area contributed by atoms with Gasteiger partial charge in [0.1, 0.15) is 0 Å². The van der Waals surface area contributed by atoms with Crippen LogP contribution in [0.2, 0.25) is 0 Å². The van der Waals surface area contributed by atoms with E-state index in [0.29, 0.717) is 16.1 Å². The minimum absolute atomic E-state index is 0.440. The summed E-state index contributed by atoms with van der Waals surface area (Å²) in [4.78, 5) is 0. The Hall–Kier alpha value is -0.750. The standard InChI is InChI=1S/C13H16BrF3N2/c14-11-5-10(13(15,16)17)6-12(7-11)19-8-9-1-3-18-4-2-9/h5-7,9,18-19H,1-4,8H2. The fraction of sp³-hybridized carbons (Fsp3) is 0.538. The number of hydrogen-bond acceptors (Lipinski definition) is 2. The molecular weight excluding hydrogens is 321 g/mol. The predicted molar refractivity (Wildman–Crippen MR) is 73.2 cm³/mol. The molecule has 2 N–H and O–H groups in total. The number of halogens is 4. The lowest BCUT2D eigenvalue weighted by Gasteiger charge is -2.23. The topological polar surface area (TPSA) is 24.1 Å². The lowest BCUT2D eigenvalue weighted by Crippen LogP contribution is -2.31. The van der Waals surface area contributed by atoms with Gasteiger partial charge in [-0.1, -0.05) is 15.9 Å². The van der Waals surface area contributed by atoms with Gasteiger partial charge in [0.15, 0.2) is 0 Å². The summed E-state index contributed by atoms with van der Waals surface area (Å²) in [5.41, 5.74) is -0.116. The summed E-state index contributed by atoms with van der Waals surface area (Å²) in [5, 5.41) is 6.38. The van der Waals surface area contributed by atoms with Crippen LogP contribution in [0.1, 0.15) is 18.4 Å². The van der Waals surface area contributed by atoms with E-state index >= 15 is 0 Å². The highest BCUT2D eigenvalue weighted by Gasteiger charge is 2.31. The van der Waals surface area contributed by atoms with E-state index in [4.69, 9.17) is 0 Å². The third-order valence-electron chi connectivity index (χ3n) is 3.28. The van der Waals surface area contributed by atoms with Crippen molar-refractivity contribution in [3.05, 3.63) is 28.2 Å². The normalized spacial score (nSPS) is 17.5. The van der Waals surface area contributed by atoms with Crippen molar-refractivity contribution in [3.63, 3.8) is 0 Å². The molecule has 1 fully saturated rings. The van der Waals surface area contributed by atoms with Crippen LogP contribution in [-0.2, 0) is 6.18 Å². The Bertz CT molecular complexity index is 428. The van der Waals surface area contributed by atoms with E-state index < -0.39 is 11.7 Å². The lowest BCUT2D eigenvalue weighted by atomic mass is 9.98. The molecule has 1 aromatic carbocycles. The van der Waals surface area contributed by atoms with Crippen LogP contribution in [0, 0.1) is 5.92 Å². The molecule has 1 heterocycles. The number of hydrogen-bond donors (Lipinski definition) is 2. The number of rotatable bonds is 3. The van der Waals surface area contributed by atoms with Crippen LogP contribution in [0.5, 0.6) is 0 Å². The van der Waals surface area contributed by atoms with Gasteiger partial charge in [-0.15, -0.1) is 0 Å². The second kappa shape index (κ2) is 6.13. The van der Waals surface area contributed by atoms with Crippen molar-refractivity contribution in [3.8, 4) is 0 Å². The fourth-order valence-corrected chi connectivity index (χ4v) is 2.70. The Balaban J connectivity index is 2.01. The van der Waals surface area contributed by atoms with E-state index in [0.717, 1.165) is 44.6 Å². The molecule has 1 aliphatic rings. The van der Waals surface area contributed by atoms with Crippen molar-refractivity contribution >= 4 is 21.6 Å². The monoisotopic (exact) mass is 336 g/mol. The van der Waals surface area contributed by atoms with E-state index in [1.54, 1.807) is 6.07 Å². The molecule has 0 atom stereocenters. The van der Waals surface area contributed by atoms with Crippen LogP contribution in [0.3, 0.4) is 0 Å². The average Bonchev–Trinajstić information content (AvgIpc) is 2.36. The molecule has 0 unspecified atom stereocenters. The Morgan fingerprint density at radius 3 is 2.53 bits per heavy atom. The Labute approximate surface area is 118 Å². The zero-order valence-electron chi connectivity index (χ0n) is 10.4. The summed E-state index contributed by atoms with van der Waals surface area (Å²) in [6.07, 6.45) is -2.19. The summed E-state index contributed by atoms with van der Waals surface area (Å²) < 4.78 is 38.5. The van der Waals surface area contributed by atoms with Gasteiger partial charge in [-0.05, 0) is 50.0 Å². The highest BCUT2D eigenvalue weighted by molar-refractivity contribution is 9.10. The first-order valence-electron chi connectivity index (χ1n) is 6.27. The van der Waals surface area contributed by atoms with Gasteiger partial charge in [-0.25, -0.2) is 0 Å². The molecule has 1 aliphatic heterocycles. The van der Waals surface area contributed by atoms with Crippen molar-refractivity contribution in [2.45, 2.75) is 19.0 Å². The van der Waals surface area contributed by atoms with E-state index in [1.807, 2.05) is 0 Å². The molecule has 2 nitrogen and oxygen atoms in total. The number of alkyl halides is 3. The zero-order valence-corrected chi connectivity index (χ0v) is 11.9. The first kappa shape index (κ1) is 14.7. The molecule has 19 heavy (non-hydrogen) atoms. The largest absolute Gasteiger partial charge is 0.416 e. The molecule has 0 saturated carbocycles. The predicted octanol–water partition coefficient (Wildman–Crippen LogP) is 3.88. The lowest BCUT2D eigenvalue weighted by molar-refractivity contribution is -0.137. The quantitative estimate of drug-likeness (QED) is 0.875. The van der Waals surface area contributed by atoms with Crippen LogP contribution >= 0.6 is 15.9 Å². The molecule has 0 aromatic heterocycles. The average molecular weight is 337 g/mol. The molecule has 1 aromatic rings. The number of nitrogens with one attached hydrogen (secondary N) is 2. The number of anilines is 1. The fourth-order valence-electron chi connectivity index (χ4n) is 2.20. The van der Waals surface area contributed by atoms with Gasteiger partial charge >= 0.3 is 6.18 Å². The van der Waals surface area contributed by atoms with Gasteiger partial charge in [0.05, 0.1) is 5.56 Å². The van der Waals surface area contributed by atoms with Gasteiger partial charge in [-0.3, -0.25) is 0 Å². The Kier molecular flexibility index (Phi) is 4.73. The maximum Gasteiger partial charge on any atom is 0.416 e. The molecule has 0 amide bonds. The SMILES string of the molecule is FC(F)(F)c1cc(Br)cc(NCC2CCNCC2)c1. The molecule has 106 valence electrons. The molecule has 0 spiro atoms. The summed E-state index contributed by atoms with van der Waals surface area (Å²) in [6.45, 7) is 2.69. The van der Waals surface area contributed by atoms with Crippen LogP contribution in [0.15, 0.2) is 22.7 Å². The van der Waals surface area contributed by atoms with E-state index in [1.165, 1.54) is 0 Å². The molecule has 0 aliphatic carbocycles. The van der Waals surface area contributed by atoms with Gasteiger partial charge in [-0.2, -0.15) is 13.2 Å². The molecule has 0 radical (unpaired) electrons. The van der Waals surface area contributed by atoms with Gasteiger partial charge in [0.2, 0.25) is 0 Å². The van der Waals surface area contributed by atoms with Crippen molar-refractivity contribution in [2.24, 2.45) is 5.92 Å². The third kappa shape index (κ3) is 4.38. The minimum Gasteiger partial charge on any atom is -0.385 e. The number of benzene rings is 1. The van der Waals surface area contributed by atoms with Crippen LogP contribution < -0.4 is 10.6 Å². The minimum atomic E-state index is -4.31. The van der Waals surface area contributed by atoms with Crippen LogP contribution in [0.25, 0.3) is 0 Å². The van der Waals surface area contributed by atoms with Crippen LogP contribution in [-0.4, -0.2) is 19.6 Å². The highest BCUT2D eigenvalue weighted by atomic mass is 79.9. The third-order valence-corrected chi connectivity index (χ3v) is 3.74. The van der Waals surface area contributed by atoms with Gasteiger partial charge in [0.25, 0.3) is 0 Å². The van der Waals surface area contributed by atoms with Crippen molar-refractivity contribution < 1.29 is 13.2 Å². The zero-order chi connectivity index (χ0) is 13.9. The van der Waals surface area contributed by atoms with Crippen molar-refractivity contribution in [2.75, 3.05) is 25.0 Å². The molecule has 6 heteroatoms. The molecular formula is C13H16BrF3N2. The van der Waals surface area contributed by atoms with Gasteiger partial charge in [0, 0.05) is 16.7 Å². The first-order chi connectivity index (χ1) is 8.95. The first-order valence-corrected chi connectivity index (χ1v) is 7.07. The Morgan fingerprint density at radius 1 is 1.21 bits per heavy atom. The summed E-state index contributed by atoms with van der Waals surface area (Å²) >= 11 is 3.12. The van der Waals surface area contributed by atoms with Crippen molar-refractivity contribution in [1.29, 1.82) is 0 Å². The molecule has 1 saturated heterocycles. The summed E-state index contributed by atoms with van der Waals surface area (Å²) in [6, 6.07) is 3.93.